The van der Waals surface area contributed by atoms with Gasteiger partial charge in [0.1, 0.15) is 17.5 Å². The van der Waals surface area contributed by atoms with Gasteiger partial charge in [0.15, 0.2) is 0 Å². The van der Waals surface area contributed by atoms with E-state index in [0.29, 0.717) is 22.9 Å². The summed E-state index contributed by atoms with van der Waals surface area (Å²) in [6.45, 7) is 8.26. The maximum atomic E-state index is 6.51. The Bertz CT molecular complexity index is 736. The minimum Gasteiger partial charge on any atom is -0.382 e. The molecule has 0 bridgehead atoms. The molecule has 25 heavy (non-hydrogen) atoms. The lowest BCUT2D eigenvalue weighted by molar-refractivity contribution is 0.0899. The number of pyridine rings is 1. The first kappa shape index (κ1) is 19.0. The first-order valence-electron chi connectivity index (χ1n) is 9.03. The summed E-state index contributed by atoms with van der Waals surface area (Å²) in [5.74, 6) is 0. The lowest BCUT2D eigenvalue weighted by Gasteiger charge is -2.16. The van der Waals surface area contributed by atoms with Crippen LogP contribution in [0.4, 0.5) is 5.69 Å². The number of fused-ring (bicyclic) bond motifs is 1. The summed E-state index contributed by atoms with van der Waals surface area (Å²) in [6, 6.07) is 3.52. The fourth-order valence-corrected chi connectivity index (χ4v) is 4.50. The topological polar surface area (TPSA) is 39.1 Å². The molecule has 1 fully saturated rings. The highest BCUT2D eigenvalue weighted by molar-refractivity contribution is 6.76. The SMILES string of the molecule is C[Si](C)(C)CCOCn1cc(Cl)c2c(NC3CCCC3)cc(Cl)nc21. The average molecular weight is 400 g/mol. The van der Waals surface area contributed by atoms with Crippen molar-refractivity contribution in [1.82, 2.24) is 9.55 Å². The van der Waals surface area contributed by atoms with Gasteiger partial charge in [-0.25, -0.2) is 4.98 Å². The summed E-state index contributed by atoms with van der Waals surface area (Å²) in [6.07, 6.45) is 6.83. The number of nitrogens with zero attached hydrogens (tertiary/aromatic N) is 2. The summed E-state index contributed by atoms with van der Waals surface area (Å²) in [5.41, 5.74) is 1.76. The van der Waals surface area contributed by atoms with Crippen molar-refractivity contribution in [3.05, 3.63) is 22.4 Å². The lowest BCUT2D eigenvalue weighted by atomic mass is 10.2. The van der Waals surface area contributed by atoms with E-state index in [2.05, 4.69) is 29.9 Å². The number of hydrogen-bond acceptors (Lipinski definition) is 3. The summed E-state index contributed by atoms with van der Waals surface area (Å²) in [4.78, 5) is 4.49. The Kier molecular flexibility index (Phi) is 5.98. The maximum absolute atomic E-state index is 6.51. The van der Waals surface area contributed by atoms with Crippen molar-refractivity contribution in [2.45, 2.75) is 64.1 Å². The zero-order chi connectivity index (χ0) is 18.0. The molecule has 1 aliphatic rings. The molecule has 1 aliphatic carbocycles. The van der Waals surface area contributed by atoms with Crippen LogP contribution in [-0.4, -0.2) is 30.3 Å². The molecule has 1 N–H and O–H groups in total. The van der Waals surface area contributed by atoms with Gasteiger partial charge in [-0.1, -0.05) is 55.7 Å². The van der Waals surface area contributed by atoms with Crippen molar-refractivity contribution in [1.29, 1.82) is 0 Å². The number of aromatic nitrogens is 2. The zero-order valence-corrected chi connectivity index (χ0v) is 17.8. The van der Waals surface area contributed by atoms with E-state index < -0.39 is 8.07 Å². The predicted molar refractivity (Wildman–Crippen MR) is 110 cm³/mol. The van der Waals surface area contributed by atoms with E-state index in [9.17, 15) is 0 Å². The van der Waals surface area contributed by atoms with Gasteiger partial charge in [-0.2, -0.15) is 0 Å². The van der Waals surface area contributed by atoms with Crippen LogP contribution >= 0.6 is 23.2 Å². The molecule has 138 valence electrons. The molecule has 0 aliphatic heterocycles. The third-order valence-corrected chi connectivity index (χ3v) is 6.88. The summed E-state index contributed by atoms with van der Waals surface area (Å²) in [5, 5.41) is 5.71. The van der Waals surface area contributed by atoms with Gasteiger partial charge in [0.25, 0.3) is 0 Å². The lowest BCUT2D eigenvalue weighted by Crippen LogP contribution is -2.22. The van der Waals surface area contributed by atoms with Gasteiger partial charge in [0.2, 0.25) is 0 Å². The highest BCUT2D eigenvalue weighted by Crippen LogP contribution is 2.35. The van der Waals surface area contributed by atoms with Gasteiger partial charge in [-0.05, 0) is 25.0 Å². The highest BCUT2D eigenvalue weighted by Gasteiger charge is 2.19. The molecule has 2 aromatic heterocycles. The summed E-state index contributed by atoms with van der Waals surface area (Å²) >= 11 is 12.8. The molecule has 0 spiro atoms. The fraction of sp³-hybridized carbons (Fsp3) is 0.611. The van der Waals surface area contributed by atoms with Gasteiger partial charge in [0.05, 0.1) is 10.4 Å². The van der Waals surface area contributed by atoms with Crippen LogP contribution in [0.15, 0.2) is 12.3 Å². The van der Waals surface area contributed by atoms with E-state index in [4.69, 9.17) is 27.9 Å². The normalized spacial score (nSPS) is 16.0. The van der Waals surface area contributed by atoms with Gasteiger partial charge in [-0.15, -0.1) is 0 Å². The Morgan fingerprint density at radius 3 is 2.68 bits per heavy atom. The number of halogens is 2. The molecule has 7 heteroatoms. The van der Waals surface area contributed by atoms with Crippen molar-refractivity contribution in [2.75, 3.05) is 11.9 Å². The van der Waals surface area contributed by atoms with Crippen LogP contribution in [0.25, 0.3) is 11.0 Å². The van der Waals surface area contributed by atoms with Crippen molar-refractivity contribution < 1.29 is 4.74 Å². The Morgan fingerprint density at radius 2 is 2.00 bits per heavy atom. The molecule has 0 saturated heterocycles. The van der Waals surface area contributed by atoms with Gasteiger partial charge < -0.3 is 14.6 Å². The Hall–Kier alpha value is -0.753. The van der Waals surface area contributed by atoms with E-state index in [1.807, 2.05) is 16.8 Å². The minimum absolute atomic E-state index is 0.448. The molecular formula is C18H27Cl2N3OSi. The van der Waals surface area contributed by atoms with Crippen molar-refractivity contribution in [3.8, 4) is 0 Å². The molecule has 0 amide bonds. The number of rotatable bonds is 7. The standard InChI is InChI=1S/C18H27Cl2N3OSi/c1-25(2,3)9-8-24-12-23-11-14(19)17-15(10-16(20)22-18(17)23)21-13-6-4-5-7-13/h10-11,13H,4-9,12H2,1-3H3,(H,21,22). The molecule has 2 heterocycles. The molecule has 2 aromatic rings. The molecule has 0 atom stereocenters. The second-order valence-electron chi connectivity index (χ2n) is 8.11. The number of hydrogen-bond donors (Lipinski definition) is 1. The van der Waals surface area contributed by atoms with Crippen LogP contribution in [-0.2, 0) is 11.5 Å². The van der Waals surface area contributed by atoms with Gasteiger partial charge >= 0.3 is 0 Å². The number of nitrogens with one attached hydrogen (secondary N) is 1. The van der Waals surface area contributed by atoms with Crippen LogP contribution in [0.1, 0.15) is 25.7 Å². The first-order valence-corrected chi connectivity index (χ1v) is 13.5. The van der Waals surface area contributed by atoms with E-state index in [1.165, 1.54) is 25.7 Å². The number of anilines is 1. The van der Waals surface area contributed by atoms with Crippen LogP contribution in [0.5, 0.6) is 0 Å². The smallest absolute Gasteiger partial charge is 0.147 e. The number of ether oxygens (including phenoxy) is 1. The van der Waals surface area contributed by atoms with Gasteiger partial charge in [-0.3, -0.25) is 0 Å². The largest absolute Gasteiger partial charge is 0.382 e. The maximum Gasteiger partial charge on any atom is 0.147 e. The van der Waals surface area contributed by atoms with Crippen LogP contribution < -0.4 is 5.32 Å². The van der Waals surface area contributed by atoms with Crippen LogP contribution in [0, 0.1) is 0 Å². The van der Waals surface area contributed by atoms with Gasteiger partial charge in [0, 0.05) is 32.6 Å². The van der Waals surface area contributed by atoms with E-state index in [-0.39, 0.29) is 0 Å². The zero-order valence-electron chi connectivity index (χ0n) is 15.2. The van der Waals surface area contributed by atoms with Crippen molar-refractivity contribution in [2.24, 2.45) is 0 Å². The second kappa shape index (κ2) is 7.87. The third kappa shape index (κ3) is 4.91. The molecular weight excluding hydrogens is 373 g/mol. The minimum atomic E-state index is -1.09. The van der Waals surface area contributed by atoms with E-state index >= 15 is 0 Å². The molecule has 0 unspecified atom stereocenters. The summed E-state index contributed by atoms with van der Waals surface area (Å²) in [7, 11) is -1.09. The molecule has 0 aromatic carbocycles. The average Bonchev–Trinajstić information content (AvgIpc) is 3.11. The summed E-state index contributed by atoms with van der Waals surface area (Å²) < 4.78 is 7.82. The third-order valence-electron chi connectivity index (χ3n) is 4.69. The fourth-order valence-electron chi connectivity index (χ4n) is 3.25. The Balaban J connectivity index is 1.79. The predicted octanol–water partition coefficient (Wildman–Crippen LogP) is 6.01. The van der Waals surface area contributed by atoms with Crippen LogP contribution in [0.2, 0.25) is 35.9 Å². The quantitative estimate of drug-likeness (QED) is 0.351. The first-order chi connectivity index (χ1) is 11.8. The Labute approximate surface area is 160 Å². The second-order valence-corrected chi connectivity index (χ2v) is 14.5. The Morgan fingerprint density at radius 1 is 1.28 bits per heavy atom. The van der Waals surface area contributed by atoms with E-state index in [0.717, 1.165) is 29.4 Å². The van der Waals surface area contributed by atoms with Crippen molar-refractivity contribution >= 4 is 48.0 Å². The molecule has 1 saturated carbocycles. The van der Waals surface area contributed by atoms with Crippen LogP contribution in [0.3, 0.4) is 0 Å². The van der Waals surface area contributed by atoms with E-state index in [1.54, 1.807) is 0 Å². The molecule has 0 radical (unpaired) electrons. The molecule has 4 nitrogen and oxygen atoms in total. The van der Waals surface area contributed by atoms with Crippen molar-refractivity contribution in [3.63, 3.8) is 0 Å². The molecule has 3 rings (SSSR count). The highest BCUT2D eigenvalue weighted by atomic mass is 35.5. The monoisotopic (exact) mass is 399 g/mol.